The molecule has 0 aliphatic heterocycles. The molecule has 0 spiro atoms. The Hall–Kier alpha value is 0.220. The maximum atomic E-state index is 12.5. The molecule has 0 saturated carbocycles. The lowest BCUT2D eigenvalue weighted by Crippen LogP contribution is -2.26. The number of aliphatic hydroxyl groups is 1. The zero-order valence-corrected chi connectivity index (χ0v) is 14.6. The van der Waals surface area contributed by atoms with E-state index >= 15 is 0 Å². The third kappa shape index (κ3) is 9.21. The van der Waals surface area contributed by atoms with E-state index in [2.05, 4.69) is 6.92 Å². The molecule has 0 fully saturated rings. The van der Waals surface area contributed by atoms with Crippen molar-refractivity contribution < 1.29 is 18.3 Å². The largest absolute Gasteiger partial charge is 0.421 e. The molecular formula is C15H26F3IO. The van der Waals surface area contributed by atoms with Gasteiger partial charge in [0.05, 0.1) is 9.18 Å². The first-order valence-corrected chi connectivity index (χ1v) is 8.51. The summed E-state index contributed by atoms with van der Waals surface area (Å²) in [6.45, 7) is 3.88. The molecule has 1 nitrogen and oxygen atoms in total. The molecule has 0 aromatic carbocycles. The first-order chi connectivity index (χ1) is 9.25. The Morgan fingerprint density at radius 3 is 1.95 bits per heavy atom. The predicted molar refractivity (Wildman–Crippen MR) is 86.0 cm³/mol. The Labute approximate surface area is 134 Å². The summed E-state index contributed by atoms with van der Waals surface area (Å²) in [5.41, 5.74) is -1.32. The first-order valence-electron chi connectivity index (χ1n) is 7.43. The van der Waals surface area contributed by atoms with E-state index in [0.717, 1.165) is 25.3 Å². The van der Waals surface area contributed by atoms with E-state index in [0.29, 0.717) is 12.8 Å². The van der Waals surface area contributed by atoms with Gasteiger partial charge in [-0.3, -0.25) is 0 Å². The molecule has 0 aromatic heterocycles. The van der Waals surface area contributed by atoms with Crippen molar-refractivity contribution in [1.29, 1.82) is 0 Å². The number of rotatable bonds is 10. The third-order valence-electron chi connectivity index (χ3n) is 3.49. The van der Waals surface area contributed by atoms with E-state index < -0.39 is 15.4 Å². The van der Waals surface area contributed by atoms with Crippen LogP contribution in [0.2, 0.25) is 0 Å². The van der Waals surface area contributed by atoms with Gasteiger partial charge in [-0.25, -0.2) is 0 Å². The van der Waals surface area contributed by atoms with Crippen LogP contribution < -0.4 is 0 Å². The number of hydrogen-bond donors (Lipinski definition) is 1. The molecule has 0 heterocycles. The number of unbranched alkanes of at least 4 members (excludes halogenated alkanes) is 6. The second-order valence-electron chi connectivity index (χ2n) is 5.32. The summed E-state index contributed by atoms with van der Waals surface area (Å²) in [5.74, 6) is 0. The van der Waals surface area contributed by atoms with Gasteiger partial charge in [-0.2, -0.15) is 13.2 Å². The molecule has 1 unspecified atom stereocenters. The summed E-state index contributed by atoms with van der Waals surface area (Å²) in [5, 5.41) is 10.2. The van der Waals surface area contributed by atoms with Crippen molar-refractivity contribution in [3.8, 4) is 0 Å². The van der Waals surface area contributed by atoms with Crippen molar-refractivity contribution in [3.05, 3.63) is 9.66 Å². The van der Waals surface area contributed by atoms with Crippen molar-refractivity contribution >= 4 is 22.6 Å². The van der Waals surface area contributed by atoms with Crippen LogP contribution >= 0.6 is 22.6 Å². The lowest BCUT2D eigenvalue weighted by Gasteiger charge is -2.24. The number of halogens is 4. The first kappa shape index (κ1) is 20.2. The van der Waals surface area contributed by atoms with Crippen molar-refractivity contribution in [2.24, 2.45) is 0 Å². The van der Waals surface area contributed by atoms with Gasteiger partial charge in [-0.1, -0.05) is 58.8 Å². The Kier molecular flexibility index (Phi) is 10.1. The van der Waals surface area contributed by atoms with Gasteiger partial charge < -0.3 is 5.11 Å². The Bertz CT molecular complexity index is 289. The second kappa shape index (κ2) is 10.0. The van der Waals surface area contributed by atoms with E-state index in [-0.39, 0.29) is 0 Å². The monoisotopic (exact) mass is 406 g/mol. The van der Waals surface area contributed by atoms with Gasteiger partial charge in [0.2, 0.25) is 0 Å². The van der Waals surface area contributed by atoms with Crippen LogP contribution in [0.15, 0.2) is 9.66 Å². The van der Waals surface area contributed by atoms with E-state index in [1.54, 1.807) is 6.92 Å². The summed E-state index contributed by atoms with van der Waals surface area (Å²) >= 11 is 1.26. The van der Waals surface area contributed by atoms with Crippen LogP contribution in [-0.2, 0) is 0 Å². The minimum absolute atomic E-state index is 0.311. The van der Waals surface area contributed by atoms with Gasteiger partial charge in [0.25, 0.3) is 0 Å². The molecule has 20 heavy (non-hydrogen) atoms. The fraction of sp³-hybridized carbons (Fsp3) is 0.867. The lowest BCUT2D eigenvalue weighted by molar-refractivity contribution is -0.0836. The maximum Gasteiger partial charge on any atom is 0.421 e. The van der Waals surface area contributed by atoms with E-state index in [1.807, 2.05) is 0 Å². The van der Waals surface area contributed by atoms with Crippen LogP contribution in [0.25, 0.3) is 0 Å². The predicted octanol–water partition coefficient (Wildman–Crippen LogP) is 6.15. The SMILES string of the molecule is CCCCCCCCCC(O)(/C=C(\I)C(F)(F)F)CC. The molecule has 0 aromatic rings. The highest BCUT2D eigenvalue weighted by Gasteiger charge is 2.35. The topological polar surface area (TPSA) is 20.2 Å². The molecule has 0 rings (SSSR count). The van der Waals surface area contributed by atoms with Crippen LogP contribution in [0.5, 0.6) is 0 Å². The van der Waals surface area contributed by atoms with Crippen LogP contribution in [0.1, 0.15) is 71.6 Å². The van der Waals surface area contributed by atoms with Gasteiger partial charge in [0, 0.05) is 0 Å². The highest BCUT2D eigenvalue weighted by atomic mass is 127. The van der Waals surface area contributed by atoms with Gasteiger partial charge >= 0.3 is 6.18 Å². The van der Waals surface area contributed by atoms with Crippen LogP contribution in [0.3, 0.4) is 0 Å². The third-order valence-corrected chi connectivity index (χ3v) is 4.41. The van der Waals surface area contributed by atoms with Gasteiger partial charge in [-0.05, 0) is 41.5 Å². The summed E-state index contributed by atoms with van der Waals surface area (Å²) < 4.78 is 36.7. The molecule has 5 heteroatoms. The summed E-state index contributed by atoms with van der Waals surface area (Å²) in [6.07, 6.45) is 5.02. The van der Waals surface area contributed by atoms with E-state index in [1.165, 1.54) is 48.3 Å². The minimum atomic E-state index is -4.36. The zero-order valence-electron chi connectivity index (χ0n) is 12.4. The molecule has 0 aliphatic carbocycles. The summed E-state index contributed by atoms with van der Waals surface area (Å²) in [4.78, 5) is 0. The maximum absolute atomic E-state index is 12.5. The van der Waals surface area contributed by atoms with Gasteiger partial charge in [0.15, 0.2) is 0 Å². The summed E-state index contributed by atoms with van der Waals surface area (Å²) in [7, 11) is 0. The molecule has 0 amide bonds. The minimum Gasteiger partial charge on any atom is -0.386 e. The molecule has 0 bridgehead atoms. The molecule has 1 N–H and O–H groups in total. The Morgan fingerprint density at radius 1 is 1.00 bits per heavy atom. The van der Waals surface area contributed by atoms with Crippen LogP contribution in [0, 0.1) is 0 Å². The Balaban J connectivity index is 4.13. The molecule has 120 valence electrons. The lowest BCUT2D eigenvalue weighted by atomic mass is 9.92. The zero-order chi connectivity index (χ0) is 15.6. The normalized spacial score (nSPS) is 16.2. The van der Waals surface area contributed by atoms with Gasteiger partial charge in [0.1, 0.15) is 0 Å². The highest BCUT2D eigenvalue weighted by Crippen LogP contribution is 2.34. The van der Waals surface area contributed by atoms with E-state index in [9.17, 15) is 18.3 Å². The highest BCUT2D eigenvalue weighted by molar-refractivity contribution is 14.1. The van der Waals surface area contributed by atoms with Gasteiger partial charge in [-0.15, -0.1) is 0 Å². The number of allylic oxidation sites excluding steroid dienone is 1. The fourth-order valence-electron chi connectivity index (χ4n) is 2.06. The van der Waals surface area contributed by atoms with Crippen molar-refractivity contribution in [3.63, 3.8) is 0 Å². The van der Waals surface area contributed by atoms with Crippen LogP contribution in [0.4, 0.5) is 13.2 Å². The van der Waals surface area contributed by atoms with Crippen LogP contribution in [-0.4, -0.2) is 16.9 Å². The number of alkyl halides is 3. The quantitative estimate of drug-likeness (QED) is 0.341. The Morgan fingerprint density at radius 2 is 1.50 bits per heavy atom. The molecular weight excluding hydrogens is 380 g/mol. The molecule has 1 atom stereocenters. The van der Waals surface area contributed by atoms with Crippen molar-refractivity contribution in [2.75, 3.05) is 0 Å². The molecule has 0 radical (unpaired) electrons. The smallest absolute Gasteiger partial charge is 0.386 e. The van der Waals surface area contributed by atoms with Crippen molar-refractivity contribution in [1.82, 2.24) is 0 Å². The average molecular weight is 406 g/mol. The molecule has 0 saturated heterocycles. The standard InChI is InChI=1S/C15H26F3IO/c1-3-5-6-7-8-9-10-11-14(20,4-2)12-13(19)15(16,17)18/h12,20H,3-11H2,1-2H3/b13-12-. The molecule has 0 aliphatic rings. The average Bonchev–Trinajstić information content (AvgIpc) is 2.36. The summed E-state index contributed by atoms with van der Waals surface area (Å²) in [6, 6.07) is 0. The van der Waals surface area contributed by atoms with Crippen molar-refractivity contribution in [2.45, 2.75) is 83.4 Å². The van der Waals surface area contributed by atoms with E-state index in [4.69, 9.17) is 0 Å². The second-order valence-corrected chi connectivity index (χ2v) is 6.48. The number of hydrogen-bond acceptors (Lipinski definition) is 1. The fourth-order valence-corrected chi connectivity index (χ4v) is 2.64.